The van der Waals surface area contributed by atoms with Crippen molar-refractivity contribution >= 4 is 5.97 Å². The summed E-state index contributed by atoms with van der Waals surface area (Å²) in [6.45, 7) is 3.35. The highest BCUT2D eigenvalue weighted by Gasteiger charge is 2.34. The zero-order valence-corrected chi connectivity index (χ0v) is 9.90. The van der Waals surface area contributed by atoms with E-state index in [9.17, 15) is 19.4 Å². The number of rotatable bonds is 1. The number of carbonyl (C=O) groups is 1. The smallest absolute Gasteiger partial charge is 0.343 e. The van der Waals surface area contributed by atoms with E-state index in [0.717, 1.165) is 0 Å². The summed E-state index contributed by atoms with van der Waals surface area (Å²) in [7, 11) is 0. The second kappa shape index (κ2) is 4.13. The van der Waals surface area contributed by atoms with Crippen LogP contribution in [0.5, 0.6) is 11.5 Å². The highest BCUT2D eigenvalue weighted by molar-refractivity contribution is 5.95. The Labute approximate surface area is 102 Å². The predicted octanol–water partition coefficient (Wildman–Crippen LogP) is 1.96. The lowest BCUT2D eigenvalue weighted by atomic mass is 9.87. The van der Waals surface area contributed by atoms with Crippen molar-refractivity contribution in [3.63, 3.8) is 0 Å². The molecule has 5 nitrogen and oxygen atoms in total. The first kappa shape index (κ1) is 12.6. The molecule has 18 heavy (non-hydrogen) atoms. The Balaban J connectivity index is 2.77. The van der Waals surface area contributed by atoms with Crippen molar-refractivity contribution in [3.05, 3.63) is 22.5 Å². The molecule has 2 atom stereocenters. The van der Waals surface area contributed by atoms with Crippen LogP contribution in [0.3, 0.4) is 0 Å². The molecule has 1 aliphatic heterocycles. The van der Waals surface area contributed by atoms with Gasteiger partial charge in [0.05, 0.1) is 12.7 Å². The lowest BCUT2D eigenvalue weighted by molar-refractivity contribution is 0.0210. The molecule has 3 N–H and O–H groups in total. The second-order valence-electron chi connectivity index (χ2n) is 4.39. The fraction of sp³-hybridized carbons (Fsp3) is 0.417. The summed E-state index contributed by atoms with van der Waals surface area (Å²) in [5.74, 6) is -4.62. The molecule has 1 heterocycles. The molecule has 1 aromatic carbocycles. The van der Waals surface area contributed by atoms with Crippen molar-refractivity contribution in [2.75, 3.05) is 0 Å². The summed E-state index contributed by atoms with van der Waals surface area (Å²) in [5.41, 5.74) is -0.612. The van der Waals surface area contributed by atoms with Gasteiger partial charge in [-0.2, -0.15) is 0 Å². The van der Waals surface area contributed by atoms with Crippen LogP contribution in [0.2, 0.25) is 0 Å². The van der Waals surface area contributed by atoms with E-state index in [2.05, 4.69) is 0 Å². The van der Waals surface area contributed by atoms with Crippen LogP contribution in [0.1, 0.15) is 41.3 Å². The topological polar surface area (TPSA) is 87.0 Å². The quantitative estimate of drug-likeness (QED) is 0.715. The van der Waals surface area contributed by atoms with E-state index < -0.39 is 28.8 Å². The molecule has 0 fully saturated rings. The monoisotopic (exact) mass is 256 g/mol. The summed E-state index contributed by atoms with van der Waals surface area (Å²) in [5, 5.41) is 28.2. The van der Waals surface area contributed by atoms with Gasteiger partial charge in [0.25, 0.3) is 0 Å². The van der Waals surface area contributed by atoms with Gasteiger partial charge in [0.2, 0.25) is 0 Å². The van der Waals surface area contributed by atoms with Gasteiger partial charge in [0.15, 0.2) is 11.6 Å². The minimum absolute atomic E-state index is 0.0792. The van der Waals surface area contributed by atoms with Crippen LogP contribution in [-0.4, -0.2) is 27.4 Å². The van der Waals surface area contributed by atoms with Gasteiger partial charge >= 0.3 is 5.97 Å². The van der Waals surface area contributed by atoms with E-state index in [4.69, 9.17) is 9.84 Å². The normalized spacial score (nSPS) is 22.6. The summed E-state index contributed by atoms with van der Waals surface area (Å²) >= 11 is 0. The average Bonchev–Trinajstić information content (AvgIpc) is 2.29. The molecule has 0 radical (unpaired) electrons. The number of carboxylic acid groups (broad SMARTS) is 1. The van der Waals surface area contributed by atoms with E-state index in [1.807, 2.05) is 0 Å². The van der Waals surface area contributed by atoms with Gasteiger partial charge in [-0.1, -0.05) is 6.92 Å². The SMILES string of the molecule is CC1OCc2c(O)c(C(=O)O)c(O)c(F)c2C1C. The number of halogens is 1. The second-order valence-corrected chi connectivity index (χ2v) is 4.39. The van der Waals surface area contributed by atoms with Crippen LogP contribution < -0.4 is 0 Å². The van der Waals surface area contributed by atoms with Crippen LogP contribution in [0.25, 0.3) is 0 Å². The molecule has 2 unspecified atom stereocenters. The molecule has 1 aliphatic rings. The van der Waals surface area contributed by atoms with E-state index in [1.54, 1.807) is 13.8 Å². The third kappa shape index (κ3) is 1.60. The maximum atomic E-state index is 14.0. The third-order valence-electron chi connectivity index (χ3n) is 3.39. The number of carboxylic acids is 1. The molecule has 0 bridgehead atoms. The summed E-state index contributed by atoms with van der Waals surface area (Å²) < 4.78 is 19.4. The number of fused-ring (bicyclic) bond motifs is 1. The molecular weight excluding hydrogens is 243 g/mol. The lowest BCUT2D eigenvalue weighted by Crippen LogP contribution is -2.25. The van der Waals surface area contributed by atoms with Crippen LogP contribution in [0.15, 0.2) is 0 Å². The molecule has 98 valence electrons. The van der Waals surface area contributed by atoms with Gasteiger partial charge in [-0.05, 0) is 6.92 Å². The van der Waals surface area contributed by atoms with Gasteiger partial charge in [-0.3, -0.25) is 0 Å². The predicted molar refractivity (Wildman–Crippen MR) is 59.4 cm³/mol. The van der Waals surface area contributed by atoms with Crippen LogP contribution >= 0.6 is 0 Å². The number of benzene rings is 1. The zero-order chi connectivity index (χ0) is 13.6. The van der Waals surface area contributed by atoms with Crippen LogP contribution in [-0.2, 0) is 11.3 Å². The standard InChI is InChI=1S/C12H13FO5/c1-4-5(2)18-3-6-7(4)9(13)11(15)8(10(6)14)12(16)17/h4-5,14-15H,3H2,1-2H3,(H,16,17). The number of phenols is 2. The molecule has 0 aromatic heterocycles. The largest absolute Gasteiger partial charge is 0.507 e. The van der Waals surface area contributed by atoms with Crippen LogP contribution in [0.4, 0.5) is 4.39 Å². The van der Waals surface area contributed by atoms with Crippen molar-refractivity contribution in [1.82, 2.24) is 0 Å². The fourth-order valence-electron chi connectivity index (χ4n) is 2.18. The molecule has 0 spiro atoms. The summed E-state index contributed by atoms with van der Waals surface area (Å²) in [4.78, 5) is 10.9. The number of aromatic carboxylic acids is 1. The zero-order valence-electron chi connectivity index (χ0n) is 9.90. The van der Waals surface area contributed by atoms with Gasteiger partial charge in [-0.15, -0.1) is 0 Å². The average molecular weight is 256 g/mol. The number of aromatic hydroxyl groups is 2. The summed E-state index contributed by atoms with van der Waals surface area (Å²) in [6, 6.07) is 0. The van der Waals surface area contributed by atoms with Crippen LogP contribution in [0, 0.1) is 5.82 Å². The summed E-state index contributed by atoms with van der Waals surface area (Å²) in [6.07, 6.45) is -0.276. The highest BCUT2D eigenvalue weighted by atomic mass is 19.1. The molecule has 0 saturated carbocycles. The van der Waals surface area contributed by atoms with Crippen molar-refractivity contribution < 1.29 is 29.2 Å². The Kier molecular flexibility index (Phi) is 2.90. The van der Waals surface area contributed by atoms with E-state index in [1.165, 1.54) is 0 Å². The molecule has 6 heteroatoms. The van der Waals surface area contributed by atoms with E-state index in [-0.39, 0.29) is 29.8 Å². The van der Waals surface area contributed by atoms with Gasteiger partial charge in [0, 0.05) is 17.0 Å². The van der Waals surface area contributed by atoms with Crippen molar-refractivity contribution in [3.8, 4) is 11.5 Å². The maximum absolute atomic E-state index is 14.0. The Bertz CT molecular complexity index is 526. The molecule has 0 saturated heterocycles. The number of hydrogen-bond donors (Lipinski definition) is 3. The minimum atomic E-state index is -1.59. The Morgan fingerprint density at radius 1 is 1.33 bits per heavy atom. The number of hydrogen-bond acceptors (Lipinski definition) is 4. The van der Waals surface area contributed by atoms with Crippen molar-refractivity contribution in [1.29, 1.82) is 0 Å². The molecular formula is C12H13FO5. The highest BCUT2D eigenvalue weighted by Crippen LogP contribution is 2.44. The number of ether oxygens (including phenoxy) is 1. The first-order valence-electron chi connectivity index (χ1n) is 5.47. The first-order chi connectivity index (χ1) is 8.36. The van der Waals surface area contributed by atoms with Crippen molar-refractivity contribution in [2.45, 2.75) is 32.5 Å². The van der Waals surface area contributed by atoms with E-state index >= 15 is 0 Å². The molecule has 2 rings (SSSR count). The maximum Gasteiger partial charge on any atom is 0.343 e. The van der Waals surface area contributed by atoms with Crippen molar-refractivity contribution in [2.24, 2.45) is 0 Å². The van der Waals surface area contributed by atoms with Gasteiger partial charge in [-0.25, -0.2) is 9.18 Å². The molecule has 0 aliphatic carbocycles. The lowest BCUT2D eigenvalue weighted by Gasteiger charge is -2.30. The third-order valence-corrected chi connectivity index (χ3v) is 3.39. The van der Waals surface area contributed by atoms with Gasteiger partial charge in [0.1, 0.15) is 11.3 Å². The van der Waals surface area contributed by atoms with Gasteiger partial charge < -0.3 is 20.1 Å². The first-order valence-corrected chi connectivity index (χ1v) is 5.47. The molecule has 1 aromatic rings. The van der Waals surface area contributed by atoms with E-state index in [0.29, 0.717) is 0 Å². The minimum Gasteiger partial charge on any atom is -0.507 e. The Hall–Kier alpha value is -1.82. The molecule has 0 amide bonds. The fourth-order valence-corrected chi connectivity index (χ4v) is 2.18. The Morgan fingerprint density at radius 3 is 2.50 bits per heavy atom. The Morgan fingerprint density at radius 2 is 1.94 bits per heavy atom.